The number of ether oxygens (including phenoxy) is 1. The summed E-state index contributed by atoms with van der Waals surface area (Å²) in [7, 11) is 0. The lowest BCUT2D eigenvalue weighted by Crippen LogP contribution is -2.20. The first kappa shape index (κ1) is 15.5. The molecule has 0 amide bonds. The van der Waals surface area contributed by atoms with Gasteiger partial charge in [0, 0.05) is 6.61 Å². The number of rotatable bonds is 6. The van der Waals surface area contributed by atoms with Gasteiger partial charge in [-0.1, -0.05) is 29.8 Å². The second kappa shape index (κ2) is 6.56. The summed E-state index contributed by atoms with van der Waals surface area (Å²) in [6.07, 6.45) is -4.38. The maximum Gasteiger partial charge on any atom is 0.411 e. The van der Waals surface area contributed by atoms with Crippen LogP contribution in [0, 0.1) is 6.92 Å². The molecule has 0 bridgehead atoms. The molecule has 1 unspecified atom stereocenters. The summed E-state index contributed by atoms with van der Waals surface area (Å²) < 4.78 is 40.1. The average Bonchev–Trinajstić information content (AvgIpc) is 2.26. The highest BCUT2D eigenvalue weighted by Gasteiger charge is 2.28. The molecule has 1 aromatic rings. The molecule has 0 aliphatic carbocycles. The van der Waals surface area contributed by atoms with Gasteiger partial charge in [-0.05, 0) is 18.9 Å². The van der Waals surface area contributed by atoms with Crippen molar-refractivity contribution in [3.8, 4) is 0 Å². The largest absolute Gasteiger partial charge is 0.481 e. The summed E-state index contributed by atoms with van der Waals surface area (Å²) in [4.78, 5) is 11.1. The summed E-state index contributed by atoms with van der Waals surface area (Å²) in [5.41, 5.74) is 1.48. The molecule has 19 heavy (non-hydrogen) atoms. The van der Waals surface area contributed by atoms with E-state index in [2.05, 4.69) is 4.74 Å². The number of benzene rings is 1. The number of hydrogen-bond donors (Lipinski definition) is 1. The average molecular weight is 276 g/mol. The van der Waals surface area contributed by atoms with E-state index < -0.39 is 24.7 Å². The normalized spacial score (nSPS) is 13.3. The minimum atomic E-state index is -4.39. The Morgan fingerprint density at radius 1 is 1.42 bits per heavy atom. The Balaban J connectivity index is 2.57. The number of carboxylic acids is 1. The summed E-state index contributed by atoms with van der Waals surface area (Å²) in [6, 6.07) is 6.90. The smallest absolute Gasteiger partial charge is 0.411 e. The molecule has 1 aromatic carbocycles. The van der Waals surface area contributed by atoms with E-state index in [9.17, 15) is 18.0 Å². The molecule has 1 rings (SSSR count). The molecule has 0 saturated carbocycles. The van der Waals surface area contributed by atoms with E-state index in [0.717, 1.165) is 5.56 Å². The maximum absolute atomic E-state index is 11.9. The summed E-state index contributed by atoms with van der Waals surface area (Å²) in [6.45, 7) is 0.222. The van der Waals surface area contributed by atoms with E-state index in [-0.39, 0.29) is 13.0 Å². The van der Waals surface area contributed by atoms with Gasteiger partial charge in [0.15, 0.2) is 0 Å². The third-order valence-electron chi connectivity index (χ3n) is 2.56. The van der Waals surface area contributed by atoms with Crippen LogP contribution in [-0.2, 0) is 9.53 Å². The zero-order chi connectivity index (χ0) is 14.5. The van der Waals surface area contributed by atoms with Gasteiger partial charge >= 0.3 is 12.1 Å². The lowest BCUT2D eigenvalue weighted by molar-refractivity contribution is -0.174. The van der Waals surface area contributed by atoms with Crippen LogP contribution < -0.4 is 0 Å². The summed E-state index contributed by atoms with van der Waals surface area (Å²) in [5, 5.41) is 9.10. The van der Waals surface area contributed by atoms with E-state index >= 15 is 0 Å². The van der Waals surface area contributed by atoms with Crippen LogP contribution in [0.2, 0.25) is 0 Å². The lowest BCUT2D eigenvalue weighted by atomic mass is 9.95. The number of carbonyl (C=O) groups is 1. The molecule has 106 valence electrons. The number of alkyl halides is 3. The standard InChI is InChI=1S/C13H15F3O3/c1-9-3-2-4-10(7-9)11(12(17)18)5-6-19-8-13(14,15)16/h2-4,7,11H,5-6,8H2,1H3,(H,17,18). The molecule has 0 saturated heterocycles. The molecule has 0 radical (unpaired) electrons. The number of halogens is 3. The Labute approximate surface area is 109 Å². The molecule has 0 aliphatic rings. The molecule has 0 fully saturated rings. The molecule has 1 atom stereocenters. The molecule has 6 heteroatoms. The zero-order valence-corrected chi connectivity index (χ0v) is 10.4. The van der Waals surface area contributed by atoms with Crippen molar-refractivity contribution in [1.29, 1.82) is 0 Å². The van der Waals surface area contributed by atoms with Gasteiger partial charge in [-0.2, -0.15) is 13.2 Å². The van der Waals surface area contributed by atoms with E-state index in [1.807, 2.05) is 13.0 Å². The second-order valence-corrected chi connectivity index (χ2v) is 4.26. The number of aliphatic carboxylic acids is 1. The molecule has 0 aliphatic heterocycles. The van der Waals surface area contributed by atoms with Crippen molar-refractivity contribution in [2.75, 3.05) is 13.2 Å². The Kier molecular flexibility index (Phi) is 5.35. The third-order valence-corrected chi connectivity index (χ3v) is 2.56. The number of hydrogen-bond acceptors (Lipinski definition) is 2. The highest BCUT2D eigenvalue weighted by molar-refractivity contribution is 5.76. The highest BCUT2D eigenvalue weighted by Crippen LogP contribution is 2.22. The van der Waals surface area contributed by atoms with E-state index in [1.165, 1.54) is 0 Å². The fourth-order valence-corrected chi connectivity index (χ4v) is 1.71. The third kappa shape index (κ3) is 5.74. The molecule has 0 heterocycles. The predicted molar refractivity (Wildman–Crippen MR) is 63.0 cm³/mol. The van der Waals surface area contributed by atoms with Crippen LogP contribution in [0.5, 0.6) is 0 Å². The van der Waals surface area contributed by atoms with Crippen molar-refractivity contribution >= 4 is 5.97 Å². The van der Waals surface area contributed by atoms with Crippen molar-refractivity contribution in [1.82, 2.24) is 0 Å². The van der Waals surface area contributed by atoms with Crippen molar-refractivity contribution < 1.29 is 27.8 Å². The van der Waals surface area contributed by atoms with Crippen molar-refractivity contribution in [2.45, 2.75) is 25.4 Å². The Morgan fingerprint density at radius 3 is 2.63 bits per heavy atom. The fourth-order valence-electron chi connectivity index (χ4n) is 1.71. The number of aryl methyl sites for hydroxylation is 1. The van der Waals surface area contributed by atoms with Gasteiger partial charge < -0.3 is 9.84 Å². The van der Waals surface area contributed by atoms with Crippen LogP contribution in [0.1, 0.15) is 23.5 Å². The van der Waals surface area contributed by atoms with Crippen LogP contribution in [-0.4, -0.2) is 30.5 Å². The first-order valence-electron chi connectivity index (χ1n) is 5.73. The monoisotopic (exact) mass is 276 g/mol. The van der Waals surface area contributed by atoms with Crippen LogP contribution >= 0.6 is 0 Å². The second-order valence-electron chi connectivity index (χ2n) is 4.26. The van der Waals surface area contributed by atoms with Gasteiger partial charge in [-0.15, -0.1) is 0 Å². The van der Waals surface area contributed by atoms with Gasteiger partial charge in [-0.3, -0.25) is 4.79 Å². The van der Waals surface area contributed by atoms with E-state index in [0.29, 0.717) is 5.56 Å². The summed E-state index contributed by atoms with van der Waals surface area (Å²) in [5.74, 6) is -1.92. The van der Waals surface area contributed by atoms with Crippen molar-refractivity contribution in [3.05, 3.63) is 35.4 Å². The van der Waals surface area contributed by atoms with Gasteiger partial charge in [0.2, 0.25) is 0 Å². The topological polar surface area (TPSA) is 46.5 Å². The van der Waals surface area contributed by atoms with Gasteiger partial charge in [0.25, 0.3) is 0 Å². The quantitative estimate of drug-likeness (QED) is 0.812. The van der Waals surface area contributed by atoms with Crippen LogP contribution in [0.4, 0.5) is 13.2 Å². The van der Waals surface area contributed by atoms with Gasteiger partial charge in [0.05, 0.1) is 5.92 Å². The molecular formula is C13H15F3O3. The SMILES string of the molecule is Cc1cccc(C(CCOCC(F)(F)F)C(=O)O)c1. The van der Waals surface area contributed by atoms with Gasteiger partial charge in [0.1, 0.15) is 6.61 Å². The van der Waals surface area contributed by atoms with Gasteiger partial charge in [-0.25, -0.2) is 0 Å². The fraction of sp³-hybridized carbons (Fsp3) is 0.462. The lowest BCUT2D eigenvalue weighted by Gasteiger charge is -2.14. The first-order chi connectivity index (χ1) is 8.79. The van der Waals surface area contributed by atoms with Crippen LogP contribution in [0.3, 0.4) is 0 Å². The first-order valence-corrected chi connectivity index (χ1v) is 5.73. The van der Waals surface area contributed by atoms with E-state index in [4.69, 9.17) is 5.11 Å². The maximum atomic E-state index is 11.9. The molecular weight excluding hydrogens is 261 g/mol. The highest BCUT2D eigenvalue weighted by atomic mass is 19.4. The molecule has 1 N–H and O–H groups in total. The van der Waals surface area contributed by atoms with Crippen molar-refractivity contribution in [2.24, 2.45) is 0 Å². The van der Waals surface area contributed by atoms with Crippen molar-refractivity contribution in [3.63, 3.8) is 0 Å². The van der Waals surface area contributed by atoms with E-state index in [1.54, 1.807) is 18.2 Å². The minimum absolute atomic E-state index is 0.00880. The Morgan fingerprint density at radius 2 is 2.11 bits per heavy atom. The summed E-state index contributed by atoms with van der Waals surface area (Å²) >= 11 is 0. The number of carboxylic acid groups (broad SMARTS) is 1. The molecule has 0 aromatic heterocycles. The van der Waals surface area contributed by atoms with Crippen LogP contribution in [0.25, 0.3) is 0 Å². The minimum Gasteiger partial charge on any atom is -0.481 e. The molecule has 3 nitrogen and oxygen atoms in total. The Bertz CT molecular complexity index is 429. The Hall–Kier alpha value is -1.56. The molecule has 0 spiro atoms. The zero-order valence-electron chi connectivity index (χ0n) is 10.4. The predicted octanol–water partition coefficient (Wildman–Crippen LogP) is 3.13. The van der Waals surface area contributed by atoms with Crippen LogP contribution in [0.15, 0.2) is 24.3 Å².